The summed E-state index contributed by atoms with van der Waals surface area (Å²) in [6.07, 6.45) is -4.86. The van der Waals surface area contributed by atoms with E-state index in [4.69, 9.17) is 51.3 Å². The van der Waals surface area contributed by atoms with E-state index in [1.165, 1.54) is 25.0 Å². The summed E-state index contributed by atoms with van der Waals surface area (Å²) in [5, 5.41) is 4.05. The van der Waals surface area contributed by atoms with E-state index in [9.17, 15) is 28.3 Å². The van der Waals surface area contributed by atoms with Crippen LogP contribution in [0.1, 0.15) is 85.0 Å². The number of methoxy groups -OCH3 is 1. The fraction of sp³-hybridized carbons (Fsp3) is 0.526. The topological polar surface area (TPSA) is 244 Å². The van der Waals surface area contributed by atoms with Crippen LogP contribution in [0.15, 0.2) is 67.0 Å². The Morgan fingerprint density at radius 3 is 1.59 bits per heavy atom. The van der Waals surface area contributed by atoms with Crippen LogP contribution in [-0.2, 0) is 69.9 Å². The van der Waals surface area contributed by atoms with Gasteiger partial charge in [0, 0.05) is 19.8 Å². The molecule has 2 aliphatic rings. The van der Waals surface area contributed by atoms with Gasteiger partial charge in [-0.2, -0.15) is 0 Å². The van der Waals surface area contributed by atoms with Crippen LogP contribution in [0.5, 0.6) is 0 Å². The average Bonchev–Trinajstić information content (AvgIpc) is 3.99. The molecule has 1 unspecified atom stereocenters. The van der Waals surface area contributed by atoms with Gasteiger partial charge in [0.2, 0.25) is 6.29 Å². The maximum absolute atomic E-state index is 12.7. The minimum atomic E-state index is -3.48. The SMILES string of the molecule is CCOP(=O)(CO[C@@H]1C[C@@H](OC(=O)c2ccccc2)C(OC(C)=O)O1)OCC.CCOP(=O)(CO[C@@H]1C[C@@H](OC(=O)c2ccccc2)[C@H](n2cnc(C(=O)OC)n2)O1)OCC. The Balaban J connectivity index is 0.000000272. The first-order valence-electron chi connectivity index (χ1n) is 19.2. The molecule has 3 aromatic rings. The molecule has 336 valence electrons. The molecule has 0 bridgehead atoms. The number of benzene rings is 2. The smallest absolute Gasteiger partial charge is 0.377 e. The Kier molecular flexibility index (Phi) is 19.6. The van der Waals surface area contributed by atoms with Gasteiger partial charge >= 0.3 is 39.1 Å². The van der Waals surface area contributed by atoms with E-state index in [1.54, 1.807) is 88.4 Å². The van der Waals surface area contributed by atoms with Gasteiger partial charge < -0.3 is 56.0 Å². The Morgan fingerprint density at radius 1 is 0.672 bits per heavy atom. The van der Waals surface area contributed by atoms with Crippen LogP contribution in [-0.4, -0.2) is 116 Å². The summed E-state index contributed by atoms with van der Waals surface area (Å²) in [4.78, 5) is 51.8. The molecule has 2 saturated heterocycles. The molecule has 2 aliphatic heterocycles. The lowest BCUT2D eigenvalue weighted by molar-refractivity contribution is -0.213. The molecular formula is C38H51N3O18P2. The minimum Gasteiger partial charge on any atom is -0.463 e. The number of nitrogens with zero attached hydrogens (tertiary/aromatic N) is 3. The molecule has 0 spiro atoms. The van der Waals surface area contributed by atoms with Gasteiger partial charge in [0.25, 0.3) is 5.82 Å². The highest BCUT2D eigenvalue weighted by Gasteiger charge is 2.44. The zero-order valence-corrected chi connectivity index (χ0v) is 36.3. The van der Waals surface area contributed by atoms with Crippen molar-refractivity contribution in [2.24, 2.45) is 0 Å². The number of carbonyl (C=O) groups excluding carboxylic acids is 4. The molecule has 2 fully saturated rings. The Morgan fingerprint density at radius 2 is 1.13 bits per heavy atom. The fourth-order valence-corrected chi connectivity index (χ4v) is 8.34. The maximum Gasteiger partial charge on any atom is 0.377 e. The average molecular weight is 900 g/mol. The van der Waals surface area contributed by atoms with Crippen molar-refractivity contribution in [2.45, 2.75) is 84.8 Å². The highest BCUT2D eigenvalue weighted by atomic mass is 31.2. The van der Waals surface area contributed by atoms with Crippen LogP contribution in [0.25, 0.3) is 0 Å². The molecule has 0 radical (unpaired) electrons. The van der Waals surface area contributed by atoms with E-state index in [0.29, 0.717) is 11.1 Å². The van der Waals surface area contributed by atoms with Gasteiger partial charge in [-0.05, 0) is 52.0 Å². The third-order valence-electron chi connectivity index (χ3n) is 8.14. The van der Waals surface area contributed by atoms with E-state index in [1.807, 2.05) is 0 Å². The molecule has 0 saturated carbocycles. The van der Waals surface area contributed by atoms with Crippen LogP contribution in [0.4, 0.5) is 0 Å². The lowest BCUT2D eigenvalue weighted by Gasteiger charge is -2.19. The first kappa shape index (κ1) is 49.3. The van der Waals surface area contributed by atoms with Crippen molar-refractivity contribution >= 4 is 39.1 Å². The molecule has 2 aromatic carbocycles. The summed E-state index contributed by atoms with van der Waals surface area (Å²) in [6.45, 7) is 8.72. The summed E-state index contributed by atoms with van der Waals surface area (Å²) < 4.78 is 90.4. The summed E-state index contributed by atoms with van der Waals surface area (Å²) in [5.74, 6) is -2.66. The minimum absolute atomic E-state index is 0.0920. The van der Waals surface area contributed by atoms with Crippen molar-refractivity contribution < 1.29 is 84.3 Å². The lowest BCUT2D eigenvalue weighted by atomic mass is 10.2. The standard InChI is InChI=1S/C20H26N3O9P.C18H25O9P/c1-4-29-33(26,30-5-2)13-28-16-11-15(31-19(24)14-9-7-6-8-10-14)18(32-16)23-12-21-17(22-23)20(25)27-3;1-4-23-28(21,24-5-2)12-22-16-11-15(18(27-16)25-13(3)19)26-17(20)14-9-7-6-8-10-14/h6-10,12,15-16,18H,4-5,11,13H2,1-3H3;6-10,15-16,18H,4-5,11-12H2,1-3H3/t15-,16+,18-;15-,16+,18?/m11/s1. The molecule has 0 aliphatic carbocycles. The summed E-state index contributed by atoms with van der Waals surface area (Å²) in [7, 11) is -5.70. The van der Waals surface area contributed by atoms with E-state index in [0.717, 1.165) is 0 Å². The molecule has 3 heterocycles. The Labute approximate surface area is 352 Å². The molecule has 1 aromatic heterocycles. The van der Waals surface area contributed by atoms with Gasteiger partial charge in [-0.1, -0.05) is 36.4 Å². The van der Waals surface area contributed by atoms with Gasteiger partial charge in [0.05, 0.1) is 44.7 Å². The molecule has 61 heavy (non-hydrogen) atoms. The van der Waals surface area contributed by atoms with Crippen molar-refractivity contribution in [1.29, 1.82) is 0 Å². The Bertz CT molecular complexity index is 1930. The molecular weight excluding hydrogens is 848 g/mol. The largest absolute Gasteiger partial charge is 0.463 e. The molecule has 21 nitrogen and oxygen atoms in total. The molecule has 0 amide bonds. The second-order valence-corrected chi connectivity index (χ2v) is 16.6. The number of hydrogen-bond donors (Lipinski definition) is 0. The van der Waals surface area contributed by atoms with Gasteiger partial charge in [0.15, 0.2) is 43.7 Å². The van der Waals surface area contributed by atoms with E-state index in [2.05, 4.69) is 14.8 Å². The van der Waals surface area contributed by atoms with Crippen LogP contribution in [0, 0.1) is 0 Å². The van der Waals surface area contributed by atoms with Crippen molar-refractivity contribution in [3.05, 3.63) is 83.9 Å². The van der Waals surface area contributed by atoms with Gasteiger partial charge in [-0.25, -0.2) is 24.0 Å². The number of aromatic nitrogens is 3. The third kappa shape index (κ3) is 15.2. The van der Waals surface area contributed by atoms with Crippen molar-refractivity contribution in [3.8, 4) is 0 Å². The van der Waals surface area contributed by atoms with E-state index >= 15 is 0 Å². The monoisotopic (exact) mass is 899 g/mol. The Hall–Kier alpha value is -4.40. The summed E-state index contributed by atoms with van der Waals surface area (Å²) in [5.41, 5.74) is 0.706. The highest BCUT2D eigenvalue weighted by molar-refractivity contribution is 7.53. The zero-order valence-electron chi connectivity index (χ0n) is 34.6. The summed E-state index contributed by atoms with van der Waals surface area (Å²) >= 11 is 0. The van der Waals surface area contributed by atoms with Crippen LogP contribution < -0.4 is 0 Å². The van der Waals surface area contributed by atoms with Crippen LogP contribution in [0.2, 0.25) is 0 Å². The first-order chi connectivity index (χ1) is 29.2. The highest BCUT2D eigenvalue weighted by Crippen LogP contribution is 2.49. The van der Waals surface area contributed by atoms with Crippen molar-refractivity contribution in [3.63, 3.8) is 0 Å². The predicted molar refractivity (Wildman–Crippen MR) is 210 cm³/mol. The molecule has 6 atom stereocenters. The predicted octanol–water partition coefficient (Wildman–Crippen LogP) is 5.86. The van der Waals surface area contributed by atoms with E-state index in [-0.39, 0.29) is 57.8 Å². The quantitative estimate of drug-likeness (QED) is 0.0690. The summed E-state index contributed by atoms with van der Waals surface area (Å²) in [6, 6.07) is 16.8. The fourth-order valence-electron chi connectivity index (χ4n) is 5.62. The van der Waals surface area contributed by atoms with Crippen molar-refractivity contribution in [1.82, 2.24) is 14.8 Å². The normalized spacial score (nSPS) is 21.2. The number of esters is 4. The first-order valence-corrected chi connectivity index (χ1v) is 22.7. The van der Waals surface area contributed by atoms with Crippen molar-refractivity contribution in [2.75, 3.05) is 46.2 Å². The number of rotatable bonds is 21. The number of hydrogen-bond acceptors (Lipinski definition) is 20. The van der Waals surface area contributed by atoms with Crippen LogP contribution >= 0.6 is 15.2 Å². The zero-order chi connectivity index (χ0) is 44.4. The lowest BCUT2D eigenvalue weighted by Crippen LogP contribution is -2.31. The van der Waals surface area contributed by atoms with Crippen LogP contribution in [0.3, 0.4) is 0 Å². The van der Waals surface area contributed by atoms with E-state index < -0.39 is 76.4 Å². The molecule has 5 rings (SSSR count). The van der Waals surface area contributed by atoms with Gasteiger partial charge in [-0.15, -0.1) is 5.10 Å². The second-order valence-electron chi connectivity index (χ2n) is 12.6. The third-order valence-corrected chi connectivity index (χ3v) is 11.7. The van der Waals surface area contributed by atoms with Gasteiger partial charge in [-0.3, -0.25) is 13.9 Å². The molecule has 0 N–H and O–H groups in total. The number of ether oxygens (including phenoxy) is 8. The second kappa shape index (κ2) is 24.3. The molecule has 23 heteroatoms. The van der Waals surface area contributed by atoms with Gasteiger partial charge in [0.1, 0.15) is 6.33 Å². The maximum atomic E-state index is 12.7. The number of carbonyl (C=O) groups is 4.